The summed E-state index contributed by atoms with van der Waals surface area (Å²) in [5.41, 5.74) is 1.28. The molecule has 0 amide bonds. The Morgan fingerprint density at radius 2 is 2.38 bits per heavy atom. The van der Waals surface area contributed by atoms with E-state index in [1.807, 2.05) is 11.0 Å². The Labute approximate surface area is 63.3 Å². The van der Waals surface area contributed by atoms with Crippen LogP contribution in [0.15, 0.2) is 9.66 Å². The zero-order chi connectivity index (χ0) is 6.41. The van der Waals surface area contributed by atoms with E-state index >= 15 is 0 Å². The average molecular weight is 224 g/mol. The maximum atomic E-state index is 9.80. The zero-order valence-electron chi connectivity index (χ0n) is 4.86. The van der Waals surface area contributed by atoms with Crippen molar-refractivity contribution in [2.24, 2.45) is 0 Å². The van der Waals surface area contributed by atoms with Crippen LogP contribution in [-0.4, -0.2) is 6.29 Å². The summed E-state index contributed by atoms with van der Waals surface area (Å²) in [5.74, 6) is 0. The fourth-order valence-corrected chi connectivity index (χ4v) is 0.653. The second kappa shape index (κ2) is 5.28. The van der Waals surface area contributed by atoms with E-state index in [0.717, 1.165) is 12.7 Å². The van der Waals surface area contributed by atoms with Crippen molar-refractivity contribution < 1.29 is 4.79 Å². The molecule has 0 saturated heterocycles. The van der Waals surface area contributed by atoms with Gasteiger partial charge in [-0.3, -0.25) is 0 Å². The quantitative estimate of drug-likeness (QED) is 0.531. The summed E-state index contributed by atoms with van der Waals surface area (Å²) in [7, 11) is 0. The van der Waals surface area contributed by atoms with Crippen molar-refractivity contribution in [1.82, 2.24) is 0 Å². The van der Waals surface area contributed by atoms with Gasteiger partial charge in [0, 0.05) is 6.42 Å². The lowest BCUT2D eigenvalue weighted by molar-refractivity contribution is -0.107. The van der Waals surface area contributed by atoms with Crippen LogP contribution in [0.25, 0.3) is 0 Å². The molecule has 0 aromatic heterocycles. The molecule has 0 unspecified atom stereocenters. The molecule has 0 atom stereocenters. The lowest BCUT2D eigenvalue weighted by Crippen LogP contribution is -1.76. The Kier molecular flexibility index (Phi) is 5.37. The minimum atomic E-state index is 0.658. The van der Waals surface area contributed by atoms with Crippen LogP contribution in [0.1, 0.15) is 19.8 Å². The highest BCUT2D eigenvalue weighted by atomic mass is 127. The first-order valence-corrected chi connectivity index (χ1v) is 3.75. The normalized spacial score (nSPS) is 11.5. The molecule has 0 aromatic rings. The van der Waals surface area contributed by atoms with E-state index in [-0.39, 0.29) is 0 Å². The van der Waals surface area contributed by atoms with Gasteiger partial charge in [-0.1, -0.05) is 28.2 Å². The van der Waals surface area contributed by atoms with Gasteiger partial charge in [-0.05, 0) is 17.4 Å². The maximum absolute atomic E-state index is 9.80. The van der Waals surface area contributed by atoms with Crippen molar-refractivity contribution in [2.75, 3.05) is 0 Å². The number of carbonyl (C=O) groups excluding carboxylic acids is 1. The third kappa shape index (κ3) is 4.30. The van der Waals surface area contributed by atoms with Crippen LogP contribution >= 0.6 is 22.6 Å². The van der Waals surface area contributed by atoms with Gasteiger partial charge in [-0.25, -0.2) is 0 Å². The molecule has 2 heteroatoms. The summed E-state index contributed by atoms with van der Waals surface area (Å²) in [6.07, 6.45) is 2.52. The molecule has 0 heterocycles. The monoisotopic (exact) mass is 224 g/mol. The minimum Gasteiger partial charge on any atom is -0.303 e. The largest absolute Gasteiger partial charge is 0.303 e. The molecule has 0 N–H and O–H groups in total. The smallest absolute Gasteiger partial charge is 0.120 e. The Morgan fingerprint density at radius 1 is 1.75 bits per heavy atom. The molecular formula is C6H9IO. The van der Waals surface area contributed by atoms with Crippen molar-refractivity contribution in [3.05, 3.63) is 9.66 Å². The van der Waals surface area contributed by atoms with Gasteiger partial charge in [-0.2, -0.15) is 0 Å². The van der Waals surface area contributed by atoms with Gasteiger partial charge in [0.25, 0.3) is 0 Å². The van der Waals surface area contributed by atoms with Crippen molar-refractivity contribution in [1.29, 1.82) is 0 Å². The third-order valence-corrected chi connectivity index (χ3v) is 1.91. The summed E-state index contributed by atoms with van der Waals surface area (Å²) in [4.78, 5) is 9.80. The van der Waals surface area contributed by atoms with Crippen molar-refractivity contribution in [3.63, 3.8) is 0 Å². The molecule has 0 aliphatic heterocycles. The highest BCUT2D eigenvalue weighted by Crippen LogP contribution is 2.04. The standard InChI is InChI=1S/C6H9IO/c1-6(5-7)3-2-4-8/h4-5H,2-3H2,1H3/b6-5+. The SMILES string of the molecule is C/C(=C\I)CCC=O. The van der Waals surface area contributed by atoms with E-state index < -0.39 is 0 Å². The van der Waals surface area contributed by atoms with Gasteiger partial charge in [0.05, 0.1) is 0 Å². The Bertz CT molecular complexity index is 96.7. The van der Waals surface area contributed by atoms with Crippen molar-refractivity contribution in [3.8, 4) is 0 Å². The first kappa shape index (κ1) is 8.14. The van der Waals surface area contributed by atoms with Crippen molar-refractivity contribution >= 4 is 28.9 Å². The lowest BCUT2D eigenvalue weighted by atomic mass is 10.2. The van der Waals surface area contributed by atoms with Crippen LogP contribution in [0, 0.1) is 0 Å². The summed E-state index contributed by atoms with van der Waals surface area (Å²) in [6, 6.07) is 0. The number of hydrogen-bond acceptors (Lipinski definition) is 1. The van der Waals surface area contributed by atoms with E-state index in [2.05, 4.69) is 22.6 Å². The molecular weight excluding hydrogens is 215 g/mol. The van der Waals surface area contributed by atoms with Crippen LogP contribution in [0.2, 0.25) is 0 Å². The summed E-state index contributed by atoms with van der Waals surface area (Å²) >= 11 is 2.18. The van der Waals surface area contributed by atoms with Gasteiger partial charge in [0.2, 0.25) is 0 Å². The van der Waals surface area contributed by atoms with Gasteiger partial charge in [-0.15, -0.1) is 0 Å². The highest BCUT2D eigenvalue weighted by Gasteiger charge is 1.84. The second-order valence-corrected chi connectivity index (χ2v) is 2.28. The lowest BCUT2D eigenvalue weighted by Gasteiger charge is -1.89. The molecule has 0 aliphatic rings. The Morgan fingerprint density at radius 3 is 2.75 bits per heavy atom. The topological polar surface area (TPSA) is 17.1 Å². The molecule has 0 radical (unpaired) electrons. The number of allylic oxidation sites excluding steroid dienone is 1. The summed E-state index contributed by atoms with van der Waals surface area (Å²) in [6.45, 7) is 2.02. The van der Waals surface area contributed by atoms with E-state index in [1.165, 1.54) is 5.57 Å². The molecule has 8 heavy (non-hydrogen) atoms. The number of rotatable bonds is 3. The molecule has 0 fully saturated rings. The van der Waals surface area contributed by atoms with Gasteiger partial charge in [0.15, 0.2) is 0 Å². The number of aldehydes is 1. The van der Waals surface area contributed by atoms with Crippen molar-refractivity contribution in [2.45, 2.75) is 19.8 Å². The number of hydrogen-bond donors (Lipinski definition) is 0. The molecule has 0 rings (SSSR count). The van der Waals surface area contributed by atoms with Gasteiger partial charge in [0.1, 0.15) is 6.29 Å². The molecule has 0 aliphatic carbocycles. The Balaban J connectivity index is 3.24. The van der Waals surface area contributed by atoms with E-state index in [9.17, 15) is 4.79 Å². The van der Waals surface area contributed by atoms with Crippen LogP contribution in [-0.2, 0) is 4.79 Å². The Hall–Kier alpha value is 0.140. The van der Waals surface area contributed by atoms with Gasteiger partial charge >= 0.3 is 0 Å². The number of carbonyl (C=O) groups is 1. The molecule has 46 valence electrons. The fourth-order valence-electron chi connectivity index (χ4n) is 0.341. The average Bonchev–Trinajstić information content (AvgIpc) is 1.83. The zero-order valence-corrected chi connectivity index (χ0v) is 7.01. The fraction of sp³-hybridized carbons (Fsp3) is 0.500. The summed E-state index contributed by atoms with van der Waals surface area (Å²) in [5, 5.41) is 0. The highest BCUT2D eigenvalue weighted by molar-refractivity contribution is 14.1. The van der Waals surface area contributed by atoms with Crippen LogP contribution in [0.3, 0.4) is 0 Å². The van der Waals surface area contributed by atoms with Crippen LogP contribution in [0.4, 0.5) is 0 Å². The molecule has 0 aromatic carbocycles. The molecule has 0 saturated carbocycles. The van der Waals surface area contributed by atoms with Gasteiger partial charge < -0.3 is 4.79 Å². The number of halogens is 1. The molecule has 1 nitrogen and oxygen atoms in total. The van der Waals surface area contributed by atoms with E-state index in [0.29, 0.717) is 6.42 Å². The first-order valence-electron chi connectivity index (χ1n) is 2.50. The second-order valence-electron chi connectivity index (χ2n) is 1.66. The first-order chi connectivity index (χ1) is 3.81. The maximum Gasteiger partial charge on any atom is 0.120 e. The predicted octanol–water partition coefficient (Wildman–Crippen LogP) is 2.30. The van der Waals surface area contributed by atoms with E-state index in [1.54, 1.807) is 0 Å². The predicted molar refractivity (Wildman–Crippen MR) is 43.1 cm³/mol. The minimum absolute atomic E-state index is 0.658. The van der Waals surface area contributed by atoms with Crippen LogP contribution < -0.4 is 0 Å². The third-order valence-electron chi connectivity index (χ3n) is 0.843. The summed E-state index contributed by atoms with van der Waals surface area (Å²) < 4.78 is 2.00. The molecule has 0 spiro atoms. The molecule has 0 bridgehead atoms. The van der Waals surface area contributed by atoms with E-state index in [4.69, 9.17) is 0 Å². The van der Waals surface area contributed by atoms with Crippen LogP contribution in [0.5, 0.6) is 0 Å².